The number of pyridine rings is 1. The van der Waals surface area contributed by atoms with Gasteiger partial charge in [0.15, 0.2) is 0 Å². The van der Waals surface area contributed by atoms with Crippen LogP contribution in [0.3, 0.4) is 0 Å². The van der Waals surface area contributed by atoms with E-state index in [0.717, 1.165) is 24.9 Å². The van der Waals surface area contributed by atoms with Crippen molar-refractivity contribution in [1.82, 2.24) is 10.3 Å². The molecule has 1 aromatic carbocycles. The van der Waals surface area contributed by atoms with Crippen LogP contribution in [0, 0.1) is 0 Å². The quantitative estimate of drug-likeness (QED) is 0.880. The van der Waals surface area contributed by atoms with Crippen molar-refractivity contribution in [3.63, 3.8) is 0 Å². The van der Waals surface area contributed by atoms with Crippen LogP contribution >= 0.6 is 0 Å². The van der Waals surface area contributed by atoms with Crippen LogP contribution in [0.15, 0.2) is 42.6 Å². The molecule has 0 saturated heterocycles. The minimum atomic E-state index is 0.0989. The highest BCUT2D eigenvalue weighted by atomic mass is 16.3. The lowest BCUT2D eigenvalue weighted by Crippen LogP contribution is -2.19. The Morgan fingerprint density at radius 3 is 3.00 bits per heavy atom. The normalized spacial score (nSPS) is 17.4. The van der Waals surface area contributed by atoms with Crippen molar-refractivity contribution in [2.45, 2.75) is 32.0 Å². The van der Waals surface area contributed by atoms with Crippen molar-refractivity contribution in [2.24, 2.45) is 0 Å². The van der Waals surface area contributed by atoms with Gasteiger partial charge in [0.2, 0.25) is 0 Å². The van der Waals surface area contributed by atoms with Crippen molar-refractivity contribution in [3.05, 3.63) is 65.0 Å². The second kappa shape index (κ2) is 5.51. The van der Waals surface area contributed by atoms with E-state index in [1.807, 2.05) is 30.5 Å². The summed E-state index contributed by atoms with van der Waals surface area (Å²) in [7, 11) is 0. The molecule has 1 aromatic heterocycles. The molecule has 0 fully saturated rings. The van der Waals surface area contributed by atoms with E-state index in [1.54, 1.807) is 0 Å². The molecular weight excluding hydrogens is 236 g/mol. The molecule has 0 spiro atoms. The molecule has 1 unspecified atom stereocenters. The molecule has 0 aliphatic heterocycles. The van der Waals surface area contributed by atoms with Gasteiger partial charge < -0.3 is 10.4 Å². The first-order valence-corrected chi connectivity index (χ1v) is 6.72. The molecule has 0 bridgehead atoms. The molecule has 2 aromatic rings. The van der Waals surface area contributed by atoms with Gasteiger partial charge in [0, 0.05) is 12.7 Å². The maximum atomic E-state index is 9.14. The second-order valence-corrected chi connectivity index (χ2v) is 5.00. The van der Waals surface area contributed by atoms with Crippen LogP contribution in [0.1, 0.15) is 34.8 Å². The maximum Gasteiger partial charge on any atom is 0.0681 e. The molecule has 1 atom stereocenters. The molecule has 19 heavy (non-hydrogen) atoms. The summed E-state index contributed by atoms with van der Waals surface area (Å²) in [5.74, 6) is 0. The summed E-state index contributed by atoms with van der Waals surface area (Å²) in [5.41, 5.74) is 4.73. The molecule has 1 aliphatic rings. The minimum absolute atomic E-state index is 0.0989. The van der Waals surface area contributed by atoms with E-state index in [-0.39, 0.29) is 6.61 Å². The molecule has 0 amide bonds. The fourth-order valence-corrected chi connectivity index (χ4v) is 2.69. The number of aliphatic hydroxyl groups excluding tert-OH is 1. The predicted octanol–water partition coefficient (Wildman–Crippen LogP) is 2.35. The lowest BCUT2D eigenvalue weighted by Gasteiger charge is -2.13. The first-order valence-electron chi connectivity index (χ1n) is 6.72. The van der Waals surface area contributed by atoms with Crippen LogP contribution in [-0.2, 0) is 19.6 Å². The Morgan fingerprint density at radius 2 is 2.11 bits per heavy atom. The minimum Gasteiger partial charge on any atom is -0.392 e. The number of aryl methyl sites for hydroxylation is 1. The van der Waals surface area contributed by atoms with E-state index in [0.29, 0.717) is 6.04 Å². The Kier molecular flexibility index (Phi) is 3.58. The largest absolute Gasteiger partial charge is 0.392 e. The van der Waals surface area contributed by atoms with Gasteiger partial charge in [-0.2, -0.15) is 0 Å². The molecular formula is C16H18N2O. The topological polar surface area (TPSA) is 45.1 Å². The van der Waals surface area contributed by atoms with Crippen molar-refractivity contribution in [2.75, 3.05) is 0 Å². The molecule has 3 rings (SSSR count). The van der Waals surface area contributed by atoms with Gasteiger partial charge >= 0.3 is 0 Å². The monoisotopic (exact) mass is 254 g/mol. The molecule has 0 saturated carbocycles. The Balaban J connectivity index is 1.67. The summed E-state index contributed by atoms with van der Waals surface area (Å²) < 4.78 is 0. The highest BCUT2D eigenvalue weighted by molar-refractivity contribution is 5.28. The molecule has 1 heterocycles. The molecule has 2 N–H and O–H groups in total. The highest BCUT2D eigenvalue weighted by Crippen LogP contribution is 2.28. The summed E-state index contributed by atoms with van der Waals surface area (Å²) >= 11 is 0. The van der Waals surface area contributed by atoms with E-state index < -0.39 is 0 Å². The summed E-state index contributed by atoms with van der Waals surface area (Å²) in [4.78, 5) is 4.48. The average molecular weight is 254 g/mol. The van der Waals surface area contributed by atoms with Gasteiger partial charge in [-0.3, -0.25) is 4.98 Å². The van der Waals surface area contributed by atoms with Crippen molar-refractivity contribution < 1.29 is 5.11 Å². The van der Waals surface area contributed by atoms with Crippen LogP contribution in [-0.4, -0.2) is 10.1 Å². The standard InChI is InChI=1S/C16H18N2O/c19-11-13-4-1-3-12(9-13)10-18-15-7-6-14-5-2-8-17-16(14)15/h1-5,8-9,15,18-19H,6-7,10-11H2. The Bertz CT molecular complexity index is 568. The highest BCUT2D eigenvalue weighted by Gasteiger charge is 2.22. The van der Waals surface area contributed by atoms with Crippen molar-refractivity contribution in [3.8, 4) is 0 Å². The molecule has 3 heteroatoms. The molecule has 3 nitrogen and oxygen atoms in total. The van der Waals surface area contributed by atoms with Gasteiger partial charge in [-0.25, -0.2) is 0 Å². The maximum absolute atomic E-state index is 9.14. The fraction of sp³-hybridized carbons (Fsp3) is 0.312. The van der Waals surface area contributed by atoms with Gasteiger partial charge in [-0.15, -0.1) is 0 Å². The van der Waals surface area contributed by atoms with Crippen LogP contribution in [0.5, 0.6) is 0 Å². The summed E-state index contributed by atoms with van der Waals surface area (Å²) in [6.07, 6.45) is 4.09. The number of aromatic nitrogens is 1. The lowest BCUT2D eigenvalue weighted by atomic mass is 10.1. The molecule has 98 valence electrons. The van der Waals surface area contributed by atoms with Crippen LogP contribution < -0.4 is 5.32 Å². The van der Waals surface area contributed by atoms with E-state index in [2.05, 4.69) is 22.4 Å². The van der Waals surface area contributed by atoms with Crippen LogP contribution in [0.4, 0.5) is 0 Å². The number of nitrogens with one attached hydrogen (secondary N) is 1. The number of hydrogen-bond donors (Lipinski definition) is 2. The van der Waals surface area contributed by atoms with E-state index in [1.165, 1.54) is 16.8 Å². The first-order chi connectivity index (χ1) is 9.36. The second-order valence-electron chi connectivity index (χ2n) is 5.00. The summed E-state index contributed by atoms with van der Waals surface area (Å²) in [5, 5.41) is 12.7. The van der Waals surface area contributed by atoms with E-state index >= 15 is 0 Å². The third-order valence-electron chi connectivity index (χ3n) is 3.69. The van der Waals surface area contributed by atoms with Gasteiger partial charge in [0.25, 0.3) is 0 Å². The number of aliphatic hydroxyl groups is 1. The summed E-state index contributed by atoms with van der Waals surface area (Å²) in [6, 6.07) is 12.6. The number of fused-ring (bicyclic) bond motifs is 1. The van der Waals surface area contributed by atoms with Crippen molar-refractivity contribution in [1.29, 1.82) is 0 Å². The number of hydrogen-bond acceptors (Lipinski definition) is 3. The third kappa shape index (κ3) is 2.67. The average Bonchev–Trinajstić information content (AvgIpc) is 2.89. The van der Waals surface area contributed by atoms with Gasteiger partial charge in [-0.1, -0.05) is 30.3 Å². The summed E-state index contributed by atoms with van der Waals surface area (Å²) in [6.45, 7) is 0.913. The lowest BCUT2D eigenvalue weighted by molar-refractivity contribution is 0.281. The zero-order valence-electron chi connectivity index (χ0n) is 10.8. The van der Waals surface area contributed by atoms with E-state index in [9.17, 15) is 0 Å². The molecule has 1 aliphatic carbocycles. The van der Waals surface area contributed by atoms with Crippen LogP contribution in [0.25, 0.3) is 0 Å². The number of rotatable bonds is 4. The zero-order valence-corrected chi connectivity index (χ0v) is 10.8. The molecule has 0 radical (unpaired) electrons. The SMILES string of the molecule is OCc1cccc(CNC2CCc3cccnc32)c1. The Hall–Kier alpha value is -1.71. The Labute approximate surface area is 113 Å². The smallest absolute Gasteiger partial charge is 0.0681 e. The van der Waals surface area contributed by atoms with Gasteiger partial charge in [0.1, 0.15) is 0 Å². The Morgan fingerprint density at radius 1 is 1.21 bits per heavy atom. The van der Waals surface area contributed by atoms with Gasteiger partial charge in [-0.05, 0) is 35.6 Å². The first kappa shape index (κ1) is 12.3. The third-order valence-corrected chi connectivity index (χ3v) is 3.69. The van der Waals surface area contributed by atoms with E-state index in [4.69, 9.17) is 5.11 Å². The fourth-order valence-electron chi connectivity index (χ4n) is 2.69. The zero-order chi connectivity index (χ0) is 13.1. The number of nitrogens with zero attached hydrogens (tertiary/aromatic N) is 1. The predicted molar refractivity (Wildman–Crippen MR) is 74.5 cm³/mol. The van der Waals surface area contributed by atoms with Crippen LogP contribution in [0.2, 0.25) is 0 Å². The number of benzene rings is 1. The van der Waals surface area contributed by atoms with Crippen molar-refractivity contribution >= 4 is 0 Å². The van der Waals surface area contributed by atoms with Gasteiger partial charge in [0.05, 0.1) is 18.3 Å².